The van der Waals surface area contributed by atoms with Gasteiger partial charge in [-0.3, -0.25) is 0 Å². The molecule has 38 heavy (non-hydrogen) atoms. The van der Waals surface area contributed by atoms with Crippen LogP contribution in [-0.4, -0.2) is 51.1 Å². The van der Waals surface area contributed by atoms with Crippen molar-refractivity contribution in [2.45, 2.75) is 52.2 Å². The van der Waals surface area contributed by atoms with Gasteiger partial charge in [0.1, 0.15) is 22.7 Å². The minimum absolute atomic E-state index is 0.0692. The van der Waals surface area contributed by atoms with E-state index in [0.29, 0.717) is 16.7 Å². The summed E-state index contributed by atoms with van der Waals surface area (Å²) in [6.45, 7) is 7.71. The first-order valence-corrected chi connectivity index (χ1v) is 11.3. The van der Waals surface area contributed by atoms with Crippen LogP contribution in [0.2, 0.25) is 0 Å². The average Bonchev–Trinajstić information content (AvgIpc) is 3.18. The summed E-state index contributed by atoms with van der Waals surface area (Å²) in [5, 5.41) is 101. The van der Waals surface area contributed by atoms with E-state index in [4.69, 9.17) is 9.47 Å². The van der Waals surface area contributed by atoms with E-state index in [2.05, 4.69) is 0 Å². The SMILES string of the molecule is Cc1cc2c(c(C)c1OC(C)(C)c1c(O)c(O)c(O)c(O)c1O)OC(C)(c1c(O)c(O)c(O)c(O)c1O)C2. The Bertz CT molecular complexity index is 1450. The summed E-state index contributed by atoms with van der Waals surface area (Å²) in [6.07, 6.45) is 0.0692. The van der Waals surface area contributed by atoms with Crippen molar-refractivity contribution in [2.24, 2.45) is 0 Å². The molecule has 0 fully saturated rings. The Morgan fingerprint density at radius 3 is 1.61 bits per heavy atom. The van der Waals surface area contributed by atoms with Crippen LogP contribution in [0, 0.1) is 13.8 Å². The zero-order chi connectivity index (χ0) is 28.6. The van der Waals surface area contributed by atoms with Crippen LogP contribution in [0.1, 0.15) is 48.6 Å². The van der Waals surface area contributed by atoms with E-state index in [1.54, 1.807) is 19.9 Å². The molecule has 1 unspecified atom stereocenters. The highest BCUT2D eigenvalue weighted by molar-refractivity contribution is 5.71. The average molecular weight is 532 g/mol. The van der Waals surface area contributed by atoms with E-state index in [-0.39, 0.29) is 23.5 Å². The molecule has 10 N–H and O–H groups in total. The lowest BCUT2D eigenvalue weighted by Crippen LogP contribution is -2.27. The summed E-state index contributed by atoms with van der Waals surface area (Å²) in [7, 11) is 0. The Hall–Kier alpha value is -4.74. The van der Waals surface area contributed by atoms with E-state index in [1.807, 2.05) is 0 Å². The topological polar surface area (TPSA) is 221 Å². The first-order valence-electron chi connectivity index (χ1n) is 11.3. The molecule has 0 radical (unpaired) electrons. The predicted octanol–water partition coefficient (Wildman–Crippen LogP) is 3.52. The Kier molecular flexibility index (Phi) is 5.63. The van der Waals surface area contributed by atoms with Gasteiger partial charge in [-0.15, -0.1) is 0 Å². The van der Waals surface area contributed by atoms with Gasteiger partial charge in [0.2, 0.25) is 34.5 Å². The summed E-state index contributed by atoms with van der Waals surface area (Å²) in [5.74, 6) is -9.40. The summed E-state index contributed by atoms with van der Waals surface area (Å²) >= 11 is 0. The molecule has 4 rings (SSSR count). The molecule has 204 valence electrons. The van der Waals surface area contributed by atoms with Gasteiger partial charge in [-0.25, -0.2) is 0 Å². The maximum Gasteiger partial charge on any atom is 0.208 e. The second kappa shape index (κ2) is 8.13. The maximum atomic E-state index is 10.5. The fourth-order valence-electron chi connectivity index (χ4n) is 4.97. The zero-order valence-corrected chi connectivity index (χ0v) is 21.1. The number of benzene rings is 3. The Morgan fingerprint density at radius 1 is 0.711 bits per heavy atom. The van der Waals surface area contributed by atoms with Gasteiger partial charge in [0.05, 0.1) is 11.1 Å². The molecule has 12 nitrogen and oxygen atoms in total. The first-order chi connectivity index (χ1) is 17.4. The number of phenols is 10. The standard InChI is InChI=1S/C26H28O12/c1-8-6-10-7-26(5,12-15(29)19(33)22(36)20(34)16(12)30)38-24(10)9(2)23(8)37-25(3,4)11-13(27)17(31)21(35)18(32)14(11)28/h6,27-36H,7H2,1-5H3. The van der Waals surface area contributed by atoms with Gasteiger partial charge < -0.3 is 60.5 Å². The summed E-state index contributed by atoms with van der Waals surface area (Å²) in [4.78, 5) is 0. The molecule has 0 aromatic heterocycles. The second-order valence-electron chi connectivity index (χ2n) is 9.99. The van der Waals surface area contributed by atoms with Gasteiger partial charge in [0.15, 0.2) is 23.0 Å². The van der Waals surface area contributed by atoms with Crippen molar-refractivity contribution < 1.29 is 60.5 Å². The van der Waals surface area contributed by atoms with Crippen molar-refractivity contribution in [3.05, 3.63) is 33.9 Å². The number of aromatic hydroxyl groups is 10. The molecule has 0 bridgehead atoms. The molecule has 1 aliphatic rings. The maximum absolute atomic E-state index is 10.5. The number of phenolic OH excluding ortho intramolecular Hbond substituents is 10. The highest BCUT2D eigenvalue weighted by atomic mass is 16.5. The van der Waals surface area contributed by atoms with Crippen LogP contribution in [0.4, 0.5) is 0 Å². The first kappa shape index (κ1) is 26.3. The number of ether oxygens (including phenoxy) is 2. The molecule has 3 aromatic carbocycles. The van der Waals surface area contributed by atoms with Gasteiger partial charge in [0.25, 0.3) is 0 Å². The number of hydrogen-bond donors (Lipinski definition) is 10. The number of aryl methyl sites for hydroxylation is 1. The van der Waals surface area contributed by atoms with Gasteiger partial charge >= 0.3 is 0 Å². The fourth-order valence-corrected chi connectivity index (χ4v) is 4.97. The molecule has 0 amide bonds. The monoisotopic (exact) mass is 532 g/mol. The normalized spacial score (nSPS) is 16.8. The van der Waals surface area contributed by atoms with Gasteiger partial charge in [-0.1, -0.05) is 0 Å². The molecular formula is C26H28O12. The smallest absolute Gasteiger partial charge is 0.208 e. The molecule has 1 aliphatic heterocycles. The Morgan fingerprint density at radius 2 is 1.13 bits per heavy atom. The molecule has 0 saturated carbocycles. The third kappa shape index (κ3) is 3.51. The Balaban J connectivity index is 1.81. The van der Waals surface area contributed by atoms with E-state index in [0.717, 1.165) is 0 Å². The van der Waals surface area contributed by atoms with Crippen LogP contribution in [0.3, 0.4) is 0 Å². The van der Waals surface area contributed by atoms with E-state index < -0.39 is 74.3 Å². The molecule has 0 aliphatic carbocycles. The van der Waals surface area contributed by atoms with Gasteiger partial charge in [0, 0.05) is 12.0 Å². The molecule has 12 heteroatoms. The van der Waals surface area contributed by atoms with E-state index in [1.165, 1.54) is 20.8 Å². The van der Waals surface area contributed by atoms with Crippen molar-refractivity contribution >= 4 is 0 Å². The van der Waals surface area contributed by atoms with Gasteiger partial charge in [-0.05, 0) is 51.8 Å². The highest BCUT2D eigenvalue weighted by Crippen LogP contribution is 2.59. The third-order valence-corrected chi connectivity index (χ3v) is 6.81. The molecule has 3 aromatic rings. The van der Waals surface area contributed by atoms with Crippen LogP contribution in [0.25, 0.3) is 0 Å². The zero-order valence-electron chi connectivity index (χ0n) is 21.1. The van der Waals surface area contributed by atoms with Crippen molar-refractivity contribution in [3.63, 3.8) is 0 Å². The second-order valence-corrected chi connectivity index (χ2v) is 9.99. The number of rotatable bonds is 4. The van der Waals surface area contributed by atoms with Crippen molar-refractivity contribution in [2.75, 3.05) is 0 Å². The van der Waals surface area contributed by atoms with E-state index >= 15 is 0 Å². The van der Waals surface area contributed by atoms with Crippen LogP contribution < -0.4 is 9.47 Å². The van der Waals surface area contributed by atoms with Crippen LogP contribution >= 0.6 is 0 Å². The molecule has 1 atom stereocenters. The lowest BCUT2D eigenvalue weighted by Gasteiger charge is -2.31. The predicted molar refractivity (Wildman–Crippen MR) is 131 cm³/mol. The largest absolute Gasteiger partial charge is 0.504 e. The lowest BCUT2D eigenvalue weighted by atomic mass is 9.88. The number of hydrogen-bond acceptors (Lipinski definition) is 12. The molecule has 1 heterocycles. The molecular weight excluding hydrogens is 504 g/mol. The minimum atomic E-state index is -1.59. The minimum Gasteiger partial charge on any atom is -0.504 e. The quantitative estimate of drug-likeness (QED) is 0.172. The van der Waals surface area contributed by atoms with E-state index in [9.17, 15) is 51.1 Å². The molecule has 0 saturated heterocycles. The van der Waals surface area contributed by atoms with Crippen molar-refractivity contribution in [3.8, 4) is 69.0 Å². The fraction of sp³-hybridized carbons (Fsp3) is 0.308. The van der Waals surface area contributed by atoms with Crippen LogP contribution in [-0.2, 0) is 17.6 Å². The lowest BCUT2D eigenvalue weighted by molar-refractivity contribution is 0.0936. The van der Waals surface area contributed by atoms with Crippen LogP contribution in [0.5, 0.6) is 69.0 Å². The highest BCUT2D eigenvalue weighted by Gasteiger charge is 2.45. The summed E-state index contributed by atoms with van der Waals surface area (Å²) in [5.41, 5.74) is -2.24. The van der Waals surface area contributed by atoms with Crippen LogP contribution in [0.15, 0.2) is 6.07 Å². The Labute approximate surface area is 216 Å². The summed E-state index contributed by atoms with van der Waals surface area (Å²) in [6, 6.07) is 1.69. The van der Waals surface area contributed by atoms with Crippen molar-refractivity contribution in [1.82, 2.24) is 0 Å². The summed E-state index contributed by atoms with van der Waals surface area (Å²) < 4.78 is 12.3. The number of fused-ring (bicyclic) bond motifs is 1. The van der Waals surface area contributed by atoms with Crippen molar-refractivity contribution in [1.29, 1.82) is 0 Å². The molecule has 0 spiro atoms. The van der Waals surface area contributed by atoms with Gasteiger partial charge in [-0.2, -0.15) is 0 Å². The third-order valence-electron chi connectivity index (χ3n) is 6.81.